The number of sulfone groups is 1. The van der Waals surface area contributed by atoms with Gasteiger partial charge in [0.25, 0.3) is 5.69 Å². The number of nitrogens with one attached hydrogen (secondary N) is 1. The molecule has 0 aromatic heterocycles. The molecule has 0 aliphatic carbocycles. The fraction of sp³-hybridized carbons (Fsp3) is 0.417. The minimum atomic E-state index is -3.13. The van der Waals surface area contributed by atoms with Crippen LogP contribution in [0.4, 0.5) is 11.4 Å². The maximum Gasteiger partial charge on any atom is 0.270 e. The topological polar surface area (TPSA) is 113 Å². The molecule has 0 aliphatic rings. The fourth-order valence-electron chi connectivity index (χ4n) is 1.67. The molecule has 1 aromatic rings. The zero-order valence-electron chi connectivity index (χ0n) is 11.2. The number of hydrogen-bond donors (Lipinski definition) is 1. The summed E-state index contributed by atoms with van der Waals surface area (Å²) in [5.74, 6) is -0.0181. The molecule has 108 valence electrons. The van der Waals surface area contributed by atoms with Crippen LogP contribution in [0, 0.1) is 21.4 Å². The van der Waals surface area contributed by atoms with Crippen LogP contribution in [0.5, 0.6) is 0 Å². The molecule has 1 atom stereocenters. The summed E-state index contributed by atoms with van der Waals surface area (Å²) in [5.41, 5.74) is 0.317. The highest BCUT2D eigenvalue weighted by Gasteiger charge is 2.16. The number of rotatable bonds is 6. The van der Waals surface area contributed by atoms with Crippen LogP contribution in [0.25, 0.3) is 0 Å². The van der Waals surface area contributed by atoms with Crippen molar-refractivity contribution in [3.05, 3.63) is 33.9 Å². The molecule has 0 radical (unpaired) electrons. The Kier molecular flexibility index (Phi) is 5.05. The van der Waals surface area contributed by atoms with Crippen LogP contribution in [-0.2, 0) is 9.84 Å². The number of benzene rings is 1. The van der Waals surface area contributed by atoms with Crippen molar-refractivity contribution >= 4 is 21.2 Å². The highest BCUT2D eigenvalue weighted by Crippen LogP contribution is 2.22. The van der Waals surface area contributed by atoms with Crippen molar-refractivity contribution in [3.63, 3.8) is 0 Å². The Bertz CT molecular complexity index is 649. The zero-order chi connectivity index (χ0) is 15.3. The third-order valence-electron chi connectivity index (χ3n) is 2.68. The average Bonchev–Trinajstić information content (AvgIpc) is 2.38. The molecule has 7 nitrogen and oxygen atoms in total. The second-order valence-electron chi connectivity index (χ2n) is 4.34. The van der Waals surface area contributed by atoms with E-state index in [1.54, 1.807) is 13.8 Å². The summed E-state index contributed by atoms with van der Waals surface area (Å²) >= 11 is 0. The van der Waals surface area contributed by atoms with E-state index in [1.807, 2.05) is 6.07 Å². The molecule has 1 unspecified atom stereocenters. The van der Waals surface area contributed by atoms with E-state index in [9.17, 15) is 18.5 Å². The Morgan fingerprint density at radius 3 is 2.65 bits per heavy atom. The highest BCUT2D eigenvalue weighted by molar-refractivity contribution is 7.91. The summed E-state index contributed by atoms with van der Waals surface area (Å²) in [6.45, 7) is 3.24. The number of hydrogen-bond acceptors (Lipinski definition) is 6. The first-order chi connectivity index (χ1) is 9.29. The van der Waals surface area contributed by atoms with Gasteiger partial charge < -0.3 is 5.32 Å². The summed E-state index contributed by atoms with van der Waals surface area (Å²) < 4.78 is 23.0. The van der Waals surface area contributed by atoms with Gasteiger partial charge >= 0.3 is 0 Å². The quantitative estimate of drug-likeness (QED) is 0.631. The van der Waals surface area contributed by atoms with E-state index in [0.717, 1.165) is 6.07 Å². The summed E-state index contributed by atoms with van der Waals surface area (Å²) in [6.07, 6.45) is 0. The minimum absolute atomic E-state index is 0.0460. The van der Waals surface area contributed by atoms with Gasteiger partial charge in [-0.2, -0.15) is 5.26 Å². The first kappa shape index (κ1) is 15.9. The van der Waals surface area contributed by atoms with Gasteiger partial charge in [0.15, 0.2) is 9.84 Å². The van der Waals surface area contributed by atoms with Gasteiger partial charge in [0.2, 0.25) is 0 Å². The van der Waals surface area contributed by atoms with Crippen molar-refractivity contribution in [2.24, 2.45) is 0 Å². The third kappa shape index (κ3) is 4.20. The van der Waals surface area contributed by atoms with Crippen molar-refractivity contribution in [1.29, 1.82) is 5.26 Å². The SMILES string of the molecule is CCS(=O)(=O)CC(C)Nc1ccc([N+](=O)[O-])cc1C#N. The van der Waals surface area contributed by atoms with Gasteiger partial charge in [-0.15, -0.1) is 0 Å². The van der Waals surface area contributed by atoms with Gasteiger partial charge in [-0.3, -0.25) is 10.1 Å². The molecule has 0 bridgehead atoms. The van der Waals surface area contributed by atoms with Gasteiger partial charge in [-0.25, -0.2) is 8.42 Å². The van der Waals surface area contributed by atoms with Gasteiger partial charge in [0, 0.05) is 23.9 Å². The standard InChI is InChI=1S/C12H15N3O4S/c1-3-20(18,19)8-9(2)14-12-5-4-11(15(16)17)6-10(12)7-13/h4-6,9,14H,3,8H2,1-2H3. The number of non-ortho nitro benzene ring substituents is 1. The largest absolute Gasteiger partial charge is 0.380 e. The number of nitro benzene ring substituents is 1. The monoisotopic (exact) mass is 297 g/mol. The lowest BCUT2D eigenvalue weighted by atomic mass is 10.1. The van der Waals surface area contributed by atoms with E-state index >= 15 is 0 Å². The third-order valence-corrected chi connectivity index (χ3v) is 4.57. The van der Waals surface area contributed by atoms with E-state index in [-0.39, 0.29) is 22.8 Å². The Morgan fingerprint density at radius 2 is 2.15 bits per heavy atom. The van der Waals surface area contributed by atoms with Crippen molar-refractivity contribution in [1.82, 2.24) is 0 Å². The van der Waals surface area contributed by atoms with Gasteiger partial charge in [0.05, 0.1) is 21.9 Å². The molecule has 0 fully saturated rings. The zero-order valence-corrected chi connectivity index (χ0v) is 12.0. The molecule has 1 aromatic carbocycles. The molecule has 0 aliphatic heterocycles. The van der Waals surface area contributed by atoms with Crippen molar-refractivity contribution < 1.29 is 13.3 Å². The molecule has 8 heteroatoms. The predicted molar refractivity (Wildman–Crippen MR) is 75.2 cm³/mol. The molecule has 1 rings (SSSR count). The van der Waals surface area contributed by atoms with Crippen molar-refractivity contribution in [2.75, 3.05) is 16.8 Å². The molecular formula is C12H15N3O4S. The molecule has 20 heavy (non-hydrogen) atoms. The molecule has 0 heterocycles. The lowest BCUT2D eigenvalue weighted by Crippen LogP contribution is -2.27. The maximum atomic E-state index is 11.5. The number of nitriles is 1. The molecule has 0 saturated heterocycles. The Morgan fingerprint density at radius 1 is 1.50 bits per heavy atom. The normalized spacial score (nSPS) is 12.4. The van der Waals surface area contributed by atoms with Crippen LogP contribution in [0.2, 0.25) is 0 Å². The smallest absolute Gasteiger partial charge is 0.270 e. The lowest BCUT2D eigenvalue weighted by Gasteiger charge is -2.15. The maximum absolute atomic E-state index is 11.5. The summed E-state index contributed by atoms with van der Waals surface area (Å²) in [7, 11) is -3.13. The van der Waals surface area contributed by atoms with Gasteiger partial charge in [-0.05, 0) is 13.0 Å². The van der Waals surface area contributed by atoms with E-state index < -0.39 is 20.8 Å². The number of anilines is 1. The lowest BCUT2D eigenvalue weighted by molar-refractivity contribution is -0.384. The first-order valence-electron chi connectivity index (χ1n) is 5.94. The molecular weight excluding hydrogens is 282 g/mol. The first-order valence-corrected chi connectivity index (χ1v) is 7.76. The van der Waals surface area contributed by atoms with Crippen LogP contribution in [0.15, 0.2) is 18.2 Å². The van der Waals surface area contributed by atoms with Crippen molar-refractivity contribution in [3.8, 4) is 6.07 Å². The second-order valence-corrected chi connectivity index (χ2v) is 6.74. The van der Waals surface area contributed by atoms with Crippen LogP contribution in [0.1, 0.15) is 19.4 Å². The minimum Gasteiger partial charge on any atom is -0.380 e. The Balaban J connectivity index is 2.93. The molecule has 1 N–H and O–H groups in total. The molecule has 0 spiro atoms. The van der Waals surface area contributed by atoms with Crippen LogP contribution in [0.3, 0.4) is 0 Å². The number of nitrogens with zero attached hydrogens (tertiary/aromatic N) is 2. The van der Waals surface area contributed by atoms with Crippen LogP contribution in [-0.4, -0.2) is 30.9 Å². The highest BCUT2D eigenvalue weighted by atomic mass is 32.2. The molecule has 0 amide bonds. The Hall–Kier alpha value is -2.14. The summed E-state index contributed by atoms with van der Waals surface area (Å²) in [4.78, 5) is 10.0. The predicted octanol–water partition coefficient (Wildman–Crippen LogP) is 1.70. The second kappa shape index (κ2) is 6.34. The van der Waals surface area contributed by atoms with Crippen LogP contribution < -0.4 is 5.32 Å². The summed E-state index contributed by atoms with van der Waals surface area (Å²) in [6, 6.07) is 5.29. The van der Waals surface area contributed by atoms with Gasteiger partial charge in [0.1, 0.15) is 6.07 Å². The van der Waals surface area contributed by atoms with E-state index in [1.165, 1.54) is 12.1 Å². The van der Waals surface area contributed by atoms with Gasteiger partial charge in [-0.1, -0.05) is 6.92 Å². The number of nitro groups is 1. The molecule has 0 saturated carbocycles. The van der Waals surface area contributed by atoms with E-state index in [0.29, 0.717) is 5.69 Å². The van der Waals surface area contributed by atoms with Crippen LogP contribution >= 0.6 is 0 Å². The van der Waals surface area contributed by atoms with Crippen molar-refractivity contribution in [2.45, 2.75) is 19.9 Å². The van der Waals surface area contributed by atoms with E-state index in [4.69, 9.17) is 5.26 Å². The van der Waals surface area contributed by atoms with E-state index in [2.05, 4.69) is 5.32 Å². The summed E-state index contributed by atoms with van der Waals surface area (Å²) in [5, 5.41) is 22.5. The fourth-order valence-corrected chi connectivity index (χ4v) is 2.75. The Labute approximate surface area is 117 Å². The average molecular weight is 297 g/mol.